The second kappa shape index (κ2) is 9.74. The van der Waals surface area contributed by atoms with Crippen molar-refractivity contribution in [3.63, 3.8) is 0 Å². The predicted octanol–water partition coefficient (Wildman–Crippen LogP) is 4.83. The highest BCUT2D eigenvalue weighted by molar-refractivity contribution is 14.1. The molecule has 0 radical (unpaired) electrons. The summed E-state index contributed by atoms with van der Waals surface area (Å²) in [5.41, 5.74) is 2.18. The van der Waals surface area contributed by atoms with Gasteiger partial charge in [-0.1, -0.05) is 12.1 Å². The highest BCUT2D eigenvalue weighted by Crippen LogP contribution is 2.36. The van der Waals surface area contributed by atoms with Crippen LogP contribution in [0.2, 0.25) is 0 Å². The lowest BCUT2D eigenvalue weighted by atomic mass is 10.1. The summed E-state index contributed by atoms with van der Waals surface area (Å²) in [6.45, 7) is 5.07. The molecule has 1 aliphatic rings. The molecule has 1 fully saturated rings. The molecule has 1 saturated heterocycles. The molecule has 0 unspecified atom stereocenters. The number of hydrogen-bond donors (Lipinski definition) is 0. The van der Waals surface area contributed by atoms with Crippen molar-refractivity contribution in [2.75, 3.05) is 20.2 Å². The van der Waals surface area contributed by atoms with Crippen molar-refractivity contribution in [3.8, 4) is 11.5 Å². The Morgan fingerprint density at radius 3 is 2.47 bits per heavy atom. The molecule has 0 saturated carbocycles. The molecule has 0 N–H and O–H groups in total. The summed E-state index contributed by atoms with van der Waals surface area (Å²) < 4.78 is 25.7. The summed E-state index contributed by atoms with van der Waals surface area (Å²) in [6.07, 6.45) is 1.80. The zero-order chi connectivity index (χ0) is 21.8. The van der Waals surface area contributed by atoms with Crippen molar-refractivity contribution in [1.29, 1.82) is 0 Å². The predicted molar refractivity (Wildman–Crippen MR) is 127 cm³/mol. The highest BCUT2D eigenvalue weighted by Gasteiger charge is 2.34. The third kappa shape index (κ3) is 4.75. The Balaban J connectivity index is 1.90. The molecule has 2 aromatic carbocycles. The smallest absolute Gasteiger partial charge is 0.276 e. The Bertz CT molecular complexity index is 995. The van der Waals surface area contributed by atoms with Crippen LogP contribution in [0.5, 0.6) is 11.5 Å². The number of carbonyl (C=O) groups is 1. The lowest BCUT2D eigenvalue weighted by Gasteiger charge is -2.15. The molecule has 1 aliphatic heterocycles. The van der Waals surface area contributed by atoms with Gasteiger partial charge in [0.15, 0.2) is 16.6 Å². The average molecular weight is 540 g/mol. The van der Waals surface area contributed by atoms with Crippen molar-refractivity contribution < 1.29 is 18.7 Å². The molecule has 5 nitrogen and oxygen atoms in total. The number of carbonyl (C=O) groups excluding carboxylic acids is 1. The first-order valence-corrected chi connectivity index (χ1v) is 11.0. The maximum Gasteiger partial charge on any atom is 0.276 e. The molecule has 2 aromatic rings. The zero-order valence-corrected chi connectivity index (χ0v) is 19.9. The second-order valence-corrected chi connectivity index (χ2v) is 8.13. The molecule has 0 spiro atoms. The van der Waals surface area contributed by atoms with Crippen molar-refractivity contribution in [3.05, 3.63) is 62.6 Å². The van der Waals surface area contributed by atoms with Crippen LogP contribution in [0.3, 0.4) is 0 Å². The van der Waals surface area contributed by atoms with Gasteiger partial charge in [0.25, 0.3) is 5.91 Å². The van der Waals surface area contributed by atoms with Crippen molar-refractivity contribution >= 4 is 51.9 Å². The Hall–Kier alpha value is -2.20. The second-order valence-electron chi connectivity index (χ2n) is 6.60. The fourth-order valence-electron chi connectivity index (χ4n) is 3.06. The molecular formula is C22H22FIN2O3S. The minimum atomic E-state index is -0.284. The number of nitrogens with zero attached hydrogens (tertiary/aromatic N) is 2. The first-order valence-electron chi connectivity index (χ1n) is 9.50. The summed E-state index contributed by atoms with van der Waals surface area (Å²) >= 11 is 7.54. The van der Waals surface area contributed by atoms with E-state index in [2.05, 4.69) is 22.6 Å². The molecule has 1 amide bonds. The molecule has 0 aliphatic carbocycles. The van der Waals surface area contributed by atoms with Gasteiger partial charge in [0, 0.05) is 13.6 Å². The third-order valence-electron chi connectivity index (χ3n) is 4.59. The highest BCUT2D eigenvalue weighted by atomic mass is 127. The Morgan fingerprint density at radius 1 is 1.17 bits per heavy atom. The van der Waals surface area contributed by atoms with E-state index in [0.717, 1.165) is 14.7 Å². The van der Waals surface area contributed by atoms with Crippen molar-refractivity contribution in [2.45, 2.75) is 20.5 Å². The summed E-state index contributed by atoms with van der Waals surface area (Å²) in [7, 11) is 1.79. The average Bonchev–Trinajstić information content (AvgIpc) is 2.91. The van der Waals surface area contributed by atoms with Crippen LogP contribution in [-0.4, -0.2) is 41.0 Å². The largest absolute Gasteiger partial charge is 0.490 e. The summed E-state index contributed by atoms with van der Waals surface area (Å²) in [5, 5.41) is 0.493. The van der Waals surface area contributed by atoms with Gasteiger partial charge >= 0.3 is 0 Å². The molecule has 158 valence electrons. The van der Waals surface area contributed by atoms with Crippen molar-refractivity contribution in [2.24, 2.45) is 0 Å². The number of ether oxygens (including phenoxy) is 2. The summed E-state index contributed by atoms with van der Waals surface area (Å²) in [5.74, 6) is 0.796. The topological polar surface area (TPSA) is 42.0 Å². The minimum absolute atomic E-state index is 0.116. The van der Waals surface area contributed by atoms with Crippen LogP contribution < -0.4 is 9.47 Å². The van der Waals surface area contributed by atoms with E-state index < -0.39 is 0 Å². The van der Waals surface area contributed by atoms with E-state index >= 15 is 0 Å². The van der Waals surface area contributed by atoms with Gasteiger partial charge in [-0.15, -0.1) is 0 Å². The number of likely N-dealkylation sites (N-methyl/N-ethyl adjacent to an activating group) is 2. The van der Waals surface area contributed by atoms with Crippen LogP contribution in [-0.2, 0) is 11.4 Å². The maximum absolute atomic E-state index is 13.1. The van der Waals surface area contributed by atoms with Gasteiger partial charge in [-0.3, -0.25) is 9.69 Å². The Labute approximate surface area is 194 Å². The number of rotatable bonds is 7. The normalized spacial score (nSPS) is 15.3. The number of thiocarbonyl (C=S) groups is 1. The summed E-state index contributed by atoms with van der Waals surface area (Å²) in [4.78, 5) is 15.9. The molecule has 0 aromatic heterocycles. The minimum Gasteiger partial charge on any atom is -0.490 e. The molecule has 3 rings (SSSR count). The van der Waals surface area contributed by atoms with E-state index in [9.17, 15) is 9.18 Å². The van der Waals surface area contributed by atoms with Gasteiger partial charge in [0.05, 0.1) is 10.2 Å². The van der Waals surface area contributed by atoms with Crippen molar-refractivity contribution in [1.82, 2.24) is 9.80 Å². The van der Waals surface area contributed by atoms with Gasteiger partial charge in [0.2, 0.25) is 0 Å². The molecule has 30 heavy (non-hydrogen) atoms. The van der Waals surface area contributed by atoms with E-state index in [1.54, 1.807) is 35.1 Å². The third-order valence-corrected chi connectivity index (χ3v) is 5.89. The van der Waals surface area contributed by atoms with E-state index in [1.165, 1.54) is 12.1 Å². The van der Waals surface area contributed by atoms with Gasteiger partial charge in [-0.2, -0.15) is 0 Å². The van der Waals surface area contributed by atoms with E-state index in [0.29, 0.717) is 35.5 Å². The first-order chi connectivity index (χ1) is 14.3. The molecule has 8 heteroatoms. The van der Waals surface area contributed by atoms with Gasteiger partial charge in [-0.05, 0) is 90.1 Å². The first kappa shape index (κ1) is 22.5. The fourth-order valence-corrected chi connectivity index (χ4v) is 4.15. The standard InChI is InChI=1S/C22H22FIN2O3S/c1-4-26-21(27)18(25(3)22(26)30)11-15-10-17(24)20(19(12-15)28-5-2)29-13-14-6-8-16(23)9-7-14/h6-12H,4-5,13H2,1-3H3/b18-11-. The van der Waals surface area contributed by atoms with E-state index in [-0.39, 0.29) is 18.3 Å². The van der Waals surface area contributed by atoms with Gasteiger partial charge in [-0.25, -0.2) is 4.39 Å². The van der Waals surface area contributed by atoms with Crippen LogP contribution in [0, 0.1) is 9.39 Å². The molecular weight excluding hydrogens is 518 g/mol. The molecule has 0 atom stereocenters. The maximum atomic E-state index is 13.1. The number of benzene rings is 2. The monoisotopic (exact) mass is 540 g/mol. The Kier molecular flexibility index (Phi) is 7.30. The van der Waals surface area contributed by atoms with Crippen LogP contribution in [0.1, 0.15) is 25.0 Å². The van der Waals surface area contributed by atoms with E-state index in [1.807, 2.05) is 26.0 Å². The Morgan fingerprint density at radius 2 is 1.87 bits per heavy atom. The van der Waals surface area contributed by atoms with Crippen LogP contribution in [0.25, 0.3) is 6.08 Å². The lowest BCUT2D eigenvalue weighted by molar-refractivity contribution is -0.122. The van der Waals surface area contributed by atoms with Crippen LogP contribution in [0.15, 0.2) is 42.1 Å². The number of halogens is 2. The quantitative estimate of drug-likeness (QED) is 0.286. The van der Waals surface area contributed by atoms with Crippen LogP contribution >= 0.6 is 34.8 Å². The van der Waals surface area contributed by atoms with Crippen LogP contribution in [0.4, 0.5) is 4.39 Å². The van der Waals surface area contributed by atoms with E-state index in [4.69, 9.17) is 21.7 Å². The SMILES string of the molecule is CCOc1cc(/C=C2/C(=O)N(CC)C(=S)N2C)cc(I)c1OCc1ccc(F)cc1. The number of hydrogen-bond acceptors (Lipinski definition) is 4. The van der Waals surface area contributed by atoms with Gasteiger partial charge in [0.1, 0.15) is 18.1 Å². The zero-order valence-electron chi connectivity index (χ0n) is 16.9. The van der Waals surface area contributed by atoms with Gasteiger partial charge < -0.3 is 14.4 Å². The fraction of sp³-hybridized carbons (Fsp3) is 0.273. The molecule has 1 heterocycles. The lowest BCUT2D eigenvalue weighted by Crippen LogP contribution is -2.30. The summed E-state index contributed by atoms with van der Waals surface area (Å²) in [6, 6.07) is 9.95. The number of amides is 1. The molecule has 0 bridgehead atoms.